The number of aromatic amines is 1. The molecule has 60 valence electrons. The summed E-state index contributed by atoms with van der Waals surface area (Å²) in [6.07, 6.45) is 1.54. The highest BCUT2D eigenvalue weighted by Crippen LogP contribution is 2.10. The molecule has 2 aromatic rings. The van der Waals surface area contributed by atoms with Crippen LogP contribution in [-0.2, 0) is 0 Å². The van der Waals surface area contributed by atoms with E-state index in [1.165, 1.54) is 0 Å². The Morgan fingerprint density at radius 2 is 2.58 bits per heavy atom. The number of H-pyrrole nitrogens is 1. The van der Waals surface area contributed by atoms with Gasteiger partial charge in [0.25, 0.3) is 1.43 Å². The van der Waals surface area contributed by atoms with Crippen molar-refractivity contribution in [3.63, 3.8) is 0 Å². The van der Waals surface area contributed by atoms with E-state index in [2.05, 4.69) is 15.1 Å². The minimum Gasteiger partial charge on any atom is -0.478 e. The topological polar surface area (TPSA) is 66.0 Å². The van der Waals surface area contributed by atoms with Crippen LogP contribution < -0.4 is 0 Å². The first-order chi connectivity index (χ1) is 6.31. The van der Waals surface area contributed by atoms with E-state index in [1.54, 1.807) is 24.5 Å². The average Bonchev–Trinajstić information content (AvgIpc) is 2.63. The van der Waals surface area contributed by atoms with Crippen LogP contribution in [0, 0.1) is 0 Å². The zero-order valence-electron chi connectivity index (χ0n) is 7.07. The van der Waals surface area contributed by atoms with Crippen LogP contribution in [-0.4, -0.2) is 21.0 Å². The molecule has 0 saturated heterocycles. The highest BCUT2D eigenvalue weighted by atomic mass is 16.4. The second kappa shape index (κ2) is 2.34. The van der Waals surface area contributed by atoms with Gasteiger partial charge >= 0.3 is 5.97 Å². The molecule has 0 aliphatic rings. The molecule has 0 radical (unpaired) electrons. The number of hydrogen-bond donors (Lipinski definition) is 2. The van der Waals surface area contributed by atoms with Gasteiger partial charge < -0.3 is 10.1 Å². The first-order valence-electron chi connectivity index (χ1n) is 3.83. The van der Waals surface area contributed by atoms with Gasteiger partial charge in [0, 0.05) is 0 Å². The van der Waals surface area contributed by atoms with Crippen molar-refractivity contribution in [2.24, 2.45) is 0 Å². The summed E-state index contributed by atoms with van der Waals surface area (Å²) < 4.78 is 6.44. The summed E-state index contributed by atoms with van der Waals surface area (Å²) >= 11 is 0. The van der Waals surface area contributed by atoms with Gasteiger partial charge in [-0.1, -0.05) is 0 Å². The molecule has 12 heavy (non-hydrogen) atoms. The van der Waals surface area contributed by atoms with E-state index < -0.39 is 5.97 Å². The molecule has 0 atom stereocenters. The third kappa shape index (κ3) is 0.934. The lowest BCUT2D eigenvalue weighted by atomic mass is 10.2. The number of fused-ring (bicyclic) bond motifs is 1. The Kier molecular flexibility index (Phi) is 1.12. The molecule has 0 fully saturated rings. The van der Waals surface area contributed by atoms with E-state index in [4.69, 9.17) is 1.43 Å². The van der Waals surface area contributed by atoms with Gasteiger partial charge in [-0.05, 0) is 18.2 Å². The molecule has 0 amide bonds. The number of carboxylic acids is 1. The van der Waals surface area contributed by atoms with Crippen LogP contribution in [0.3, 0.4) is 0 Å². The summed E-state index contributed by atoms with van der Waals surface area (Å²) in [7, 11) is 0. The first kappa shape index (κ1) is 5.77. The van der Waals surface area contributed by atoms with Crippen LogP contribution in [0.25, 0.3) is 12.5 Å². The molecular weight excluding hydrogens is 156 g/mol. The van der Waals surface area contributed by atoms with Gasteiger partial charge in [-0.2, -0.15) is 0 Å². The molecule has 4 heteroatoms. The summed E-state index contributed by atoms with van der Waals surface area (Å²) in [6, 6.07) is 4.86. The van der Waals surface area contributed by atoms with Gasteiger partial charge in [0.15, 0.2) is 0 Å². The maximum absolute atomic E-state index is 10.9. The Labute approximate surface area is 69.4 Å². The quantitative estimate of drug-likeness (QED) is 0.665. The summed E-state index contributed by atoms with van der Waals surface area (Å²) in [5, 5.41) is 3.84. The maximum atomic E-state index is 10.9. The van der Waals surface area contributed by atoms with Crippen molar-refractivity contribution in [3.05, 3.63) is 30.1 Å². The monoisotopic (exact) mass is 163 g/mol. The zero-order chi connectivity index (χ0) is 9.26. The standard InChI is InChI=1S/C8H6N2O2/c11-8(12)5-1-2-6-7(3-5)10-4-9-6/h1-4H,(H,9,10)(H,11,12)/i/hD. The van der Waals surface area contributed by atoms with Crippen LogP contribution in [0.2, 0.25) is 0 Å². The minimum absolute atomic E-state index is 0.340. The predicted octanol–water partition coefficient (Wildman–Crippen LogP) is 1.26. The van der Waals surface area contributed by atoms with Crippen LogP contribution in [0.1, 0.15) is 10.4 Å². The van der Waals surface area contributed by atoms with Crippen molar-refractivity contribution in [1.82, 2.24) is 9.97 Å². The van der Waals surface area contributed by atoms with Crippen LogP contribution in [0.4, 0.5) is 0 Å². The number of rotatable bonds is 1. The second-order valence-corrected chi connectivity index (χ2v) is 2.42. The van der Waals surface area contributed by atoms with Crippen molar-refractivity contribution in [2.45, 2.75) is 0 Å². The molecule has 4 nitrogen and oxygen atoms in total. The smallest absolute Gasteiger partial charge is 0.335 e. The van der Waals surface area contributed by atoms with Crippen molar-refractivity contribution in [2.75, 3.05) is 0 Å². The van der Waals surface area contributed by atoms with E-state index >= 15 is 0 Å². The van der Waals surface area contributed by atoms with Crippen molar-refractivity contribution in [3.8, 4) is 0 Å². The van der Waals surface area contributed by atoms with Crippen LogP contribution in [0.15, 0.2) is 24.5 Å². The number of hydrogen-bond acceptors (Lipinski definition) is 3. The highest BCUT2D eigenvalue weighted by Gasteiger charge is 2.03. The molecular formula is C8H6N2O2. The molecule has 1 aromatic carbocycles. The fourth-order valence-corrected chi connectivity index (χ4v) is 1.06. The fraction of sp³-hybridized carbons (Fsp3) is 0. The van der Waals surface area contributed by atoms with Gasteiger partial charge in [-0.25, -0.2) is 9.78 Å². The molecule has 2 N–H and O–H groups in total. The van der Waals surface area contributed by atoms with Gasteiger partial charge in [-0.3, -0.25) is 0 Å². The lowest BCUT2D eigenvalue weighted by Crippen LogP contribution is -1.94. The summed E-state index contributed by atoms with van der Waals surface area (Å²) in [6.45, 7) is 0. The number of benzene rings is 1. The molecule has 1 heterocycles. The average molecular weight is 163 g/mol. The van der Waals surface area contributed by atoms with E-state index in [-0.39, 0.29) is 0 Å². The fourth-order valence-electron chi connectivity index (χ4n) is 1.06. The maximum Gasteiger partial charge on any atom is 0.335 e. The molecule has 2 rings (SSSR count). The summed E-state index contributed by atoms with van der Waals surface area (Å²) in [4.78, 5) is 17.8. The number of imidazole rings is 1. The number of carboxylic acid groups (broad SMARTS) is 1. The molecule has 0 bridgehead atoms. The summed E-state index contributed by atoms with van der Waals surface area (Å²) in [5.41, 5.74) is 1.87. The van der Waals surface area contributed by atoms with Gasteiger partial charge in [0.1, 0.15) is 0 Å². The summed E-state index contributed by atoms with van der Waals surface area (Å²) in [5.74, 6) is -0.670. The number of aromatic carboxylic acids is 1. The Balaban J connectivity index is 2.54. The van der Waals surface area contributed by atoms with Crippen molar-refractivity contribution in [1.29, 1.82) is 1.43 Å². The zero-order valence-corrected chi connectivity index (χ0v) is 6.07. The molecule has 0 aliphatic heterocycles. The Hall–Kier alpha value is -1.84. The molecule has 0 saturated carbocycles. The molecule has 1 aromatic heterocycles. The number of nitrogens with one attached hydrogen (secondary N) is 1. The predicted molar refractivity (Wildman–Crippen MR) is 43.1 cm³/mol. The first-order valence-corrected chi connectivity index (χ1v) is 3.42. The normalized spacial score (nSPS) is 11.2. The Bertz CT molecular complexity index is 452. The van der Waals surface area contributed by atoms with Gasteiger partial charge in [0.05, 0.1) is 22.9 Å². The number of aromatic nitrogens is 2. The lowest BCUT2D eigenvalue weighted by molar-refractivity contribution is 0.0697. The SMILES string of the molecule is [2H]OC(=O)c1ccc2nc[nH]c2c1. The molecule has 0 unspecified atom stereocenters. The van der Waals surface area contributed by atoms with Crippen LogP contribution in [0.5, 0.6) is 0 Å². The van der Waals surface area contributed by atoms with Crippen LogP contribution >= 0.6 is 0 Å². The van der Waals surface area contributed by atoms with E-state index in [0.717, 1.165) is 11.0 Å². The van der Waals surface area contributed by atoms with Crippen molar-refractivity contribution >= 4 is 17.0 Å². The molecule has 0 aliphatic carbocycles. The third-order valence-corrected chi connectivity index (χ3v) is 1.66. The second-order valence-electron chi connectivity index (χ2n) is 2.42. The van der Waals surface area contributed by atoms with E-state index in [1.807, 2.05) is 0 Å². The number of nitrogens with zero attached hydrogens (tertiary/aromatic N) is 1. The van der Waals surface area contributed by atoms with Gasteiger partial charge in [0.2, 0.25) is 0 Å². The third-order valence-electron chi connectivity index (χ3n) is 1.66. The van der Waals surface area contributed by atoms with Gasteiger partial charge in [-0.15, -0.1) is 0 Å². The lowest BCUT2D eigenvalue weighted by Gasteiger charge is -1.92. The Morgan fingerprint density at radius 3 is 3.42 bits per heavy atom. The van der Waals surface area contributed by atoms with E-state index in [9.17, 15) is 4.79 Å². The van der Waals surface area contributed by atoms with E-state index in [0.29, 0.717) is 5.56 Å². The largest absolute Gasteiger partial charge is 0.478 e. The van der Waals surface area contributed by atoms with Crippen molar-refractivity contribution < 1.29 is 9.90 Å². The number of carbonyl (C=O) groups is 1. The molecule has 0 spiro atoms. The Morgan fingerprint density at radius 1 is 1.67 bits per heavy atom. The minimum atomic E-state index is -0.670. The highest BCUT2D eigenvalue weighted by molar-refractivity contribution is 5.92.